The lowest BCUT2D eigenvalue weighted by Crippen LogP contribution is -2.28. The third-order valence-corrected chi connectivity index (χ3v) is 3.33. The summed E-state index contributed by atoms with van der Waals surface area (Å²) in [6, 6.07) is 7.24. The zero-order valence-corrected chi connectivity index (χ0v) is 11.2. The number of carbonyl (C=O) groups is 2. The van der Waals surface area contributed by atoms with E-state index in [1.165, 1.54) is 0 Å². The zero-order valence-electron chi connectivity index (χ0n) is 11.2. The molecular weight excluding hydrogens is 244 g/mol. The standard InChI is InChI=1S/C14H18N2O3/c1-3-16-9-10(8-13(16)17)14(18)15-11-6-4-5-7-12(11)19-2/h4-7,10H,3,8-9H2,1-2H3,(H,15,18). The lowest BCUT2D eigenvalue weighted by atomic mass is 10.1. The minimum Gasteiger partial charge on any atom is -0.495 e. The van der Waals surface area contributed by atoms with Crippen molar-refractivity contribution in [1.29, 1.82) is 0 Å². The van der Waals surface area contributed by atoms with E-state index < -0.39 is 0 Å². The second-order valence-electron chi connectivity index (χ2n) is 4.52. The van der Waals surface area contributed by atoms with Crippen LogP contribution < -0.4 is 10.1 Å². The molecule has 1 atom stereocenters. The van der Waals surface area contributed by atoms with Crippen LogP contribution in [0.1, 0.15) is 13.3 Å². The Labute approximate surface area is 112 Å². The normalized spacial score (nSPS) is 18.5. The van der Waals surface area contributed by atoms with Gasteiger partial charge in [0.15, 0.2) is 0 Å². The molecule has 5 nitrogen and oxygen atoms in total. The van der Waals surface area contributed by atoms with Crippen molar-refractivity contribution in [2.24, 2.45) is 5.92 Å². The summed E-state index contributed by atoms with van der Waals surface area (Å²) in [6.07, 6.45) is 0.287. The maximum atomic E-state index is 12.1. The topological polar surface area (TPSA) is 58.6 Å². The van der Waals surface area contributed by atoms with Crippen LogP contribution in [-0.4, -0.2) is 36.9 Å². The Bertz CT molecular complexity index is 487. The van der Waals surface area contributed by atoms with Crippen LogP contribution in [0.25, 0.3) is 0 Å². The number of methoxy groups -OCH3 is 1. The highest BCUT2D eigenvalue weighted by atomic mass is 16.5. The molecule has 0 aromatic heterocycles. The molecule has 1 N–H and O–H groups in total. The largest absolute Gasteiger partial charge is 0.495 e. The van der Waals surface area contributed by atoms with E-state index in [1.807, 2.05) is 19.1 Å². The van der Waals surface area contributed by atoms with E-state index in [1.54, 1.807) is 24.1 Å². The molecule has 2 rings (SSSR count). The van der Waals surface area contributed by atoms with Crippen LogP contribution in [0.4, 0.5) is 5.69 Å². The predicted molar refractivity (Wildman–Crippen MR) is 72.0 cm³/mol. The fourth-order valence-electron chi connectivity index (χ4n) is 2.24. The first-order valence-electron chi connectivity index (χ1n) is 6.37. The number of carbonyl (C=O) groups excluding carboxylic acids is 2. The molecule has 19 heavy (non-hydrogen) atoms. The van der Waals surface area contributed by atoms with Gasteiger partial charge in [-0.3, -0.25) is 9.59 Å². The second kappa shape index (κ2) is 5.73. The number of likely N-dealkylation sites (tertiary alicyclic amines) is 1. The molecule has 1 heterocycles. The smallest absolute Gasteiger partial charge is 0.229 e. The third-order valence-electron chi connectivity index (χ3n) is 3.33. The fourth-order valence-corrected chi connectivity index (χ4v) is 2.24. The van der Waals surface area contributed by atoms with Crippen molar-refractivity contribution in [3.05, 3.63) is 24.3 Å². The highest BCUT2D eigenvalue weighted by molar-refractivity contribution is 5.98. The van der Waals surface area contributed by atoms with E-state index in [2.05, 4.69) is 5.32 Å². The molecule has 1 fully saturated rings. The predicted octanol–water partition coefficient (Wildman–Crippen LogP) is 1.50. The summed E-state index contributed by atoms with van der Waals surface area (Å²) in [5.41, 5.74) is 0.636. The fraction of sp³-hybridized carbons (Fsp3) is 0.429. The molecule has 1 aliphatic heterocycles. The van der Waals surface area contributed by atoms with Crippen LogP contribution in [-0.2, 0) is 9.59 Å². The van der Waals surface area contributed by atoms with Crippen LogP contribution in [0.15, 0.2) is 24.3 Å². The molecule has 102 valence electrons. The Morgan fingerprint density at radius 3 is 2.84 bits per heavy atom. The van der Waals surface area contributed by atoms with Gasteiger partial charge in [-0.25, -0.2) is 0 Å². The summed E-state index contributed by atoms with van der Waals surface area (Å²) in [5, 5.41) is 2.83. The van der Waals surface area contributed by atoms with Crippen molar-refractivity contribution in [3.63, 3.8) is 0 Å². The van der Waals surface area contributed by atoms with E-state index in [9.17, 15) is 9.59 Å². The Balaban J connectivity index is 2.04. The SMILES string of the molecule is CCN1CC(C(=O)Nc2ccccc2OC)CC1=O. The Hall–Kier alpha value is -2.04. The van der Waals surface area contributed by atoms with Gasteiger partial charge in [0.2, 0.25) is 11.8 Å². The van der Waals surface area contributed by atoms with E-state index in [0.29, 0.717) is 24.5 Å². The van der Waals surface area contributed by atoms with E-state index in [-0.39, 0.29) is 24.2 Å². The monoisotopic (exact) mass is 262 g/mol. The molecule has 1 saturated heterocycles. The highest BCUT2D eigenvalue weighted by Gasteiger charge is 2.33. The first-order chi connectivity index (χ1) is 9.15. The molecule has 2 amide bonds. The Morgan fingerprint density at radius 2 is 2.21 bits per heavy atom. The molecule has 0 radical (unpaired) electrons. The number of hydrogen-bond donors (Lipinski definition) is 1. The first-order valence-corrected chi connectivity index (χ1v) is 6.37. The van der Waals surface area contributed by atoms with Gasteiger partial charge in [0.1, 0.15) is 5.75 Å². The van der Waals surface area contributed by atoms with E-state index >= 15 is 0 Å². The Kier molecular flexibility index (Phi) is 4.04. The summed E-state index contributed by atoms with van der Waals surface area (Å²) >= 11 is 0. The quantitative estimate of drug-likeness (QED) is 0.894. The van der Waals surface area contributed by atoms with Gasteiger partial charge >= 0.3 is 0 Å². The molecule has 0 aliphatic carbocycles. The number of amides is 2. The van der Waals surface area contributed by atoms with Crippen LogP contribution in [0.3, 0.4) is 0 Å². The van der Waals surface area contributed by atoms with E-state index in [4.69, 9.17) is 4.74 Å². The van der Waals surface area contributed by atoms with Gasteiger partial charge in [0.05, 0.1) is 18.7 Å². The number of ether oxygens (including phenoxy) is 1. The molecule has 1 aliphatic rings. The van der Waals surface area contributed by atoms with Crippen LogP contribution >= 0.6 is 0 Å². The molecule has 0 bridgehead atoms. The van der Waals surface area contributed by atoms with Crippen LogP contribution in [0, 0.1) is 5.92 Å². The molecule has 0 spiro atoms. The molecule has 1 unspecified atom stereocenters. The van der Waals surface area contributed by atoms with Crippen molar-refractivity contribution in [2.75, 3.05) is 25.5 Å². The van der Waals surface area contributed by atoms with Gasteiger partial charge in [0.25, 0.3) is 0 Å². The lowest BCUT2D eigenvalue weighted by Gasteiger charge is -2.14. The third kappa shape index (κ3) is 2.86. The maximum absolute atomic E-state index is 12.1. The average Bonchev–Trinajstić information content (AvgIpc) is 2.80. The molecular formula is C14H18N2O3. The summed E-state index contributed by atoms with van der Waals surface area (Å²) in [4.78, 5) is 25.5. The summed E-state index contributed by atoms with van der Waals surface area (Å²) in [5.74, 6) is 0.251. The molecule has 0 saturated carbocycles. The number of benzene rings is 1. The molecule has 5 heteroatoms. The number of nitrogens with zero attached hydrogens (tertiary/aromatic N) is 1. The van der Waals surface area contributed by atoms with Crippen LogP contribution in [0.2, 0.25) is 0 Å². The number of anilines is 1. The Morgan fingerprint density at radius 1 is 1.47 bits per heavy atom. The number of para-hydroxylation sites is 2. The lowest BCUT2D eigenvalue weighted by molar-refractivity contribution is -0.128. The number of hydrogen-bond acceptors (Lipinski definition) is 3. The van der Waals surface area contributed by atoms with Gasteiger partial charge in [-0.05, 0) is 19.1 Å². The van der Waals surface area contributed by atoms with Gasteiger partial charge in [0, 0.05) is 19.5 Å². The van der Waals surface area contributed by atoms with Gasteiger partial charge in [-0.2, -0.15) is 0 Å². The van der Waals surface area contributed by atoms with E-state index in [0.717, 1.165) is 0 Å². The summed E-state index contributed by atoms with van der Waals surface area (Å²) in [7, 11) is 1.56. The van der Waals surface area contributed by atoms with Gasteiger partial charge in [-0.1, -0.05) is 12.1 Å². The van der Waals surface area contributed by atoms with Crippen LogP contribution in [0.5, 0.6) is 5.75 Å². The first kappa shape index (κ1) is 13.4. The highest BCUT2D eigenvalue weighted by Crippen LogP contribution is 2.25. The maximum Gasteiger partial charge on any atom is 0.229 e. The summed E-state index contributed by atoms with van der Waals surface area (Å²) in [6.45, 7) is 3.06. The van der Waals surface area contributed by atoms with Crippen molar-refractivity contribution >= 4 is 17.5 Å². The number of nitrogens with one attached hydrogen (secondary N) is 1. The van der Waals surface area contributed by atoms with Gasteiger partial charge in [-0.15, -0.1) is 0 Å². The molecule has 1 aromatic rings. The van der Waals surface area contributed by atoms with Crippen molar-refractivity contribution in [2.45, 2.75) is 13.3 Å². The molecule has 1 aromatic carbocycles. The van der Waals surface area contributed by atoms with Crippen molar-refractivity contribution in [3.8, 4) is 5.75 Å². The summed E-state index contributed by atoms with van der Waals surface area (Å²) < 4.78 is 5.18. The van der Waals surface area contributed by atoms with Gasteiger partial charge < -0.3 is 15.0 Å². The van der Waals surface area contributed by atoms with Crippen molar-refractivity contribution < 1.29 is 14.3 Å². The zero-order chi connectivity index (χ0) is 13.8. The van der Waals surface area contributed by atoms with Crippen molar-refractivity contribution in [1.82, 2.24) is 4.90 Å². The number of rotatable bonds is 4. The average molecular weight is 262 g/mol. The minimum atomic E-state index is -0.280. The second-order valence-corrected chi connectivity index (χ2v) is 4.52. The minimum absolute atomic E-state index is 0.0441.